The van der Waals surface area contributed by atoms with E-state index in [1.165, 1.54) is 12.1 Å². The molecule has 1 fully saturated rings. The summed E-state index contributed by atoms with van der Waals surface area (Å²) >= 11 is 5.68. The summed E-state index contributed by atoms with van der Waals surface area (Å²) < 4.78 is 13.4. The van der Waals surface area contributed by atoms with Gasteiger partial charge in [-0.2, -0.15) is 0 Å². The van der Waals surface area contributed by atoms with E-state index < -0.39 is 11.9 Å². The van der Waals surface area contributed by atoms with Gasteiger partial charge in [0.25, 0.3) is 0 Å². The molecule has 4 heteroatoms. The Labute approximate surface area is 86.5 Å². The molecule has 1 aromatic carbocycles. The molecule has 0 aliphatic heterocycles. The second-order valence-corrected chi connectivity index (χ2v) is 4.06. The van der Waals surface area contributed by atoms with E-state index in [0.29, 0.717) is 0 Å². The first kappa shape index (κ1) is 9.74. The van der Waals surface area contributed by atoms with Crippen molar-refractivity contribution in [2.75, 3.05) is 0 Å². The SMILES string of the molecule is N[C@H](c1c(F)ccc(Cl)c1O)C1CC1. The van der Waals surface area contributed by atoms with Crippen molar-refractivity contribution < 1.29 is 9.50 Å². The van der Waals surface area contributed by atoms with Crippen LogP contribution in [0.15, 0.2) is 12.1 Å². The second kappa shape index (κ2) is 3.41. The lowest BCUT2D eigenvalue weighted by Gasteiger charge is -2.14. The van der Waals surface area contributed by atoms with Crippen molar-refractivity contribution in [3.8, 4) is 5.75 Å². The lowest BCUT2D eigenvalue weighted by molar-refractivity contribution is 0.442. The van der Waals surface area contributed by atoms with Crippen LogP contribution in [0.5, 0.6) is 5.75 Å². The van der Waals surface area contributed by atoms with E-state index in [2.05, 4.69) is 0 Å². The van der Waals surface area contributed by atoms with E-state index in [1.807, 2.05) is 0 Å². The number of hydrogen-bond acceptors (Lipinski definition) is 2. The van der Waals surface area contributed by atoms with Gasteiger partial charge in [0, 0.05) is 11.6 Å². The largest absolute Gasteiger partial charge is 0.506 e. The minimum absolute atomic E-state index is 0.150. The second-order valence-electron chi connectivity index (χ2n) is 3.65. The summed E-state index contributed by atoms with van der Waals surface area (Å²) in [6.45, 7) is 0. The zero-order valence-corrected chi connectivity index (χ0v) is 8.26. The Morgan fingerprint density at radius 1 is 1.50 bits per heavy atom. The van der Waals surface area contributed by atoms with Gasteiger partial charge in [-0.25, -0.2) is 4.39 Å². The average Bonchev–Trinajstić information content (AvgIpc) is 2.95. The van der Waals surface area contributed by atoms with Crippen molar-refractivity contribution in [2.24, 2.45) is 11.7 Å². The molecule has 0 saturated heterocycles. The highest BCUT2D eigenvalue weighted by atomic mass is 35.5. The molecule has 1 atom stereocenters. The number of aromatic hydroxyl groups is 1. The van der Waals surface area contributed by atoms with E-state index in [1.54, 1.807) is 0 Å². The normalized spacial score (nSPS) is 18.2. The fourth-order valence-corrected chi connectivity index (χ4v) is 1.73. The summed E-state index contributed by atoms with van der Waals surface area (Å²) in [4.78, 5) is 0. The van der Waals surface area contributed by atoms with Crippen LogP contribution in [0.25, 0.3) is 0 Å². The molecule has 2 rings (SSSR count). The maximum Gasteiger partial charge on any atom is 0.141 e. The molecule has 0 spiro atoms. The van der Waals surface area contributed by atoms with Crippen LogP contribution < -0.4 is 5.73 Å². The molecule has 3 N–H and O–H groups in total. The molecular weight excluding hydrogens is 205 g/mol. The monoisotopic (exact) mass is 215 g/mol. The van der Waals surface area contributed by atoms with Crippen LogP contribution in [0.1, 0.15) is 24.4 Å². The standard InChI is InChI=1S/C10H11ClFNO/c11-6-3-4-7(12)8(10(6)14)9(13)5-1-2-5/h3-5,9,14H,1-2,13H2/t9-/m0/s1. The van der Waals surface area contributed by atoms with Gasteiger partial charge in [0.1, 0.15) is 11.6 Å². The molecule has 0 aromatic heterocycles. The summed E-state index contributed by atoms with van der Waals surface area (Å²) in [7, 11) is 0. The van der Waals surface area contributed by atoms with E-state index >= 15 is 0 Å². The Bertz CT molecular complexity index is 365. The van der Waals surface area contributed by atoms with E-state index in [0.717, 1.165) is 12.8 Å². The molecule has 76 valence electrons. The quantitative estimate of drug-likeness (QED) is 0.797. The topological polar surface area (TPSA) is 46.2 Å². The number of phenolic OH excluding ortho intramolecular Hbond substituents is 1. The molecule has 0 heterocycles. The highest BCUT2D eigenvalue weighted by molar-refractivity contribution is 6.32. The van der Waals surface area contributed by atoms with Crippen molar-refractivity contribution >= 4 is 11.6 Å². The molecule has 0 radical (unpaired) electrons. The third-order valence-electron chi connectivity index (χ3n) is 2.58. The molecule has 0 amide bonds. The van der Waals surface area contributed by atoms with E-state index in [-0.39, 0.29) is 22.3 Å². The van der Waals surface area contributed by atoms with Gasteiger partial charge in [-0.05, 0) is 30.9 Å². The molecule has 0 unspecified atom stereocenters. The highest BCUT2D eigenvalue weighted by Gasteiger charge is 2.33. The lowest BCUT2D eigenvalue weighted by Crippen LogP contribution is -2.14. The van der Waals surface area contributed by atoms with Crippen LogP contribution in [-0.2, 0) is 0 Å². The molecule has 0 bridgehead atoms. The first-order valence-electron chi connectivity index (χ1n) is 4.53. The van der Waals surface area contributed by atoms with Crippen LogP contribution in [0.2, 0.25) is 5.02 Å². The molecule has 1 aliphatic carbocycles. The molecule has 1 saturated carbocycles. The van der Waals surface area contributed by atoms with Gasteiger partial charge in [0.15, 0.2) is 0 Å². The smallest absolute Gasteiger partial charge is 0.141 e. The summed E-state index contributed by atoms with van der Waals surface area (Å²) in [5.74, 6) is -0.411. The van der Waals surface area contributed by atoms with Crippen molar-refractivity contribution in [2.45, 2.75) is 18.9 Å². The number of benzene rings is 1. The summed E-state index contributed by atoms with van der Waals surface area (Å²) in [6, 6.07) is 2.13. The molecular formula is C10H11ClFNO. The fraction of sp³-hybridized carbons (Fsp3) is 0.400. The zero-order chi connectivity index (χ0) is 10.3. The number of halogens is 2. The molecule has 14 heavy (non-hydrogen) atoms. The summed E-state index contributed by atoms with van der Waals surface area (Å²) in [6.07, 6.45) is 1.99. The number of phenols is 1. The Hall–Kier alpha value is -0.800. The van der Waals surface area contributed by atoms with Crippen LogP contribution in [-0.4, -0.2) is 5.11 Å². The molecule has 1 aromatic rings. The summed E-state index contributed by atoms with van der Waals surface area (Å²) in [5.41, 5.74) is 5.96. The highest BCUT2D eigenvalue weighted by Crippen LogP contribution is 2.44. The minimum Gasteiger partial charge on any atom is -0.506 e. The number of rotatable bonds is 2. The predicted molar refractivity (Wildman–Crippen MR) is 52.7 cm³/mol. The van der Waals surface area contributed by atoms with Crippen molar-refractivity contribution in [1.29, 1.82) is 0 Å². The van der Waals surface area contributed by atoms with Crippen LogP contribution in [0, 0.1) is 11.7 Å². The van der Waals surface area contributed by atoms with E-state index in [4.69, 9.17) is 17.3 Å². The number of hydrogen-bond donors (Lipinski definition) is 2. The van der Waals surface area contributed by atoms with E-state index in [9.17, 15) is 9.50 Å². The maximum atomic E-state index is 13.4. The average molecular weight is 216 g/mol. The Kier molecular flexibility index (Phi) is 2.37. The molecule has 1 aliphatic rings. The third-order valence-corrected chi connectivity index (χ3v) is 2.88. The van der Waals surface area contributed by atoms with Gasteiger partial charge in [-0.15, -0.1) is 0 Å². The Balaban J connectivity index is 2.43. The van der Waals surface area contributed by atoms with Crippen LogP contribution >= 0.6 is 11.6 Å². The van der Waals surface area contributed by atoms with Gasteiger partial charge in [0.2, 0.25) is 0 Å². The lowest BCUT2D eigenvalue weighted by atomic mass is 10.0. The third kappa shape index (κ3) is 1.57. The van der Waals surface area contributed by atoms with Crippen LogP contribution in [0.3, 0.4) is 0 Å². The maximum absolute atomic E-state index is 13.4. The Morgan fingerprint density at radius 2 is 2.14 bits per heavy atom. The van der Waals surface area contributed by atoms with Gasteiger partial charge >= 0.3 is 0 Å². The van der Waals surface area contributed by atoms with Gasteiger partial charge in [-0.3, -0.25) is 0 Å². The minimum atomic E-state index is -0.480. The first-order valence-corrected chi connectivity index (χ1v) is 4.91. The number of nitrogens with two attached hydrogens (primary N) is 1. The first-order chi connectivity index (χ1) is 6.61. The predicted octanol–water partition coefficient (Wildman–Crippen LogP) is 2.59. The van der Waals surface area contributed by atoms with Gasteiger partial charge in [0.05, 0.1) is 5.02 Å². The van der Waals surface area contributed by atoms with Gasteiger partial charge < -0.3 is 10.8 Å². The molecule has 2 nitrogen and oxygen atoms in total. The fourth-order valence-electron chi connectivity index (χ4n) is 1.56. The van der Waals surface area contributed by atoms with Crippen molar-refractivity contribution in [3.05, 3.63) is 28.5 Å². The Morgan fingerprint density at radius 3 is 2.71 bits per heavy atom. The van der Waals surface area contributed by atoms with Crippen molar-refractivity contribution in [1.82, 2.24) is 0 Å². The van der Waals surface area contributed by atoms with Crippen molar-refractivity contribution in [3.63, 3.8) is 0 Å². The van der Waals surface area contributed by atoms with Crippen LogP contribution in [0.4, 0.5) is 4.39 Å². The summed E-state index contributed by atoms with van der Waals surface area (Å²) in [5, 5.41) is 9.72. The zero-order valence-electron chi connectivity index (χ0n) is 7.50. The van der Waals surface area contributed by atoms with Gasteiger partial charge in [-0.1, -0.05) is 11.6 Å².